The van der Waals surface area contributed by atoms with Gasteiger partial charge in [0.25, 0.3) is 0 Å². The second kappa shape index (κ2) is 8.15. The van der Waals surface area contributed by atoms with Gasteiger partial charge in [-0.2, -0.15) is 0 Å². The van der Waals surface area contributed by atoms with E-state index >= 15 is 0 Å². The van der Waals surface area contributed by atoms with Crippen molar-refractivity contribution in [3.8, 4) is 0 Å². The third-order valence-electron chi connectivity index (χ3n) is 3.45. The SMILES string of the molecule is CC[C@H](C)COCCCCCCC1CC1. The third-order valence-corrected chi connectivity index (χ3v) is 3.45. The summed E-state index contributed by atoms with van der Waals surface area (Å²) in [7, 11) is 0. The van der Waals surface area contributed by atoms with Crippen LogP contribution in [-0.2, 0) is 4.74 Å². The van der Waals surface area contributed by atoms with Crippen molar-refractivity contribution in [1.29, 1.82) is 0 Å². The lowest BCUT2D eigenvalue weighted by Crippen LogP contribution is -2.05. The van der Waals surface area contributed by atoms with Crippen molar-refractivity contribution in [2.24, 2.45) is 11.8 Å². The van der Waals surface area contributed by atoms with Crippen LogP contribution in [0.4, 0.5) is 0 Å². The Kier molecular flexibility index (Phi) is 7.08. The first-order valence-electron chi connectivity index (χ1n) is 6.90. The lowest BCUT2D eigenvalue weighted by atomic mass is 10.1. The van der Waals surface area contributed by atoms with Gasteiger partial charge in [0.15, 0.2) is 0 Å². The van der Waals surface area contributed by atoms with Crippen LogP contribution in [0.2, 0.25) is 0 Å². The zero-order chi connectivity index (χ0) is 10.9. The van der Waals surface area contributed by atoms with Gasteiger partial charge in [-0.05, 0) is 18.3 Å². The van der Waals surface area contributed by atoms with Crippen molar-refractivity contribution < 1.29 is 4.74 Å². The smallest absolute Gasteiger partial charge is 0.0491 e. The standard InChI is InChI=1S/C14H28O/c1-3-13(2)12-15-11-7-5-4-6-8-14-9-10-14/h13-14H,3-12H2,1-2H3/t13-/m0/s1. The van der Waals surface area contributed by atoms with Crippen LogP contribution in [0.5, 0.6) is 0 Å². The molecule has 0 N–H and O–H groups in total. The van der Waals surface area contributed by atoms with E-state index in [2.05, 4.69) is 13.8 Å². The fraction of sp³-hybridized carbons (Fsp3) is 1.00. The molecule has 1 saturated carbocycles. The molecule has 0 aromatic carbocycles. The molecule has 1 rings (SSSR count). The maximum Gasteiger partial charge on any atom is 0.0491 e. The molecule has 0 aromatic rings. The number of ether oxygens (including phenoxy) is 1. The molecule has 1 nitrogen and oxygen atoms in total. The van der Waals surface area contributed by atoms with E-state index in [0.717, 1.165) is 25.0 Å². The Balaban J connectivity index is 1.68. The van der Waals surface area contributed by atoms with Gasteiger partial charge in [-0.3, -0.25) is 0 Å². The summed E-state index contributed by atoms with van der Waals surface area (Å²) in [5.74, 6) is 1.85. The van der Waals surface area contributed by atoms with Crippen molar-refractivity contribution in [2.75, 3.05) is 13.2 Å². The summed E-state index contributed by atoms with van der Waals surface area (Å²) >= 11 is 0. The van der Waals surface area contributed by atoms with Crippen molar-refractivity contribution >= 4 is 0 Å². The third kappa shape index (κ3) is 7.84. The monoisotopic (exact) mass is 212 g/mol. The number of hydrogen-bond donors (Lipinski definition) is 0. The summed E-state index contributed by atoms with van der Waals surface area (Å²) in [6.07, 6.45) is 11.3. The van der Waals surface area contributed by atoms with Crippen molar-refractivity contribution in [3.63, 3.8) is 0 Å². The number of rotatable bonds is 10. The average Bonchev–Trinajstić information content (AvgIpc) is 3.05. The minimum atomic E-state index is 0.736. The minimum Gasteiger partial charge on any atom is -0.381 e. The molecule has 0 unspecified atom stereocenters. The predicted molar refractivity (Wildman–Crippen MR) is 66.1 cm³/mol. The molecule has 1 aliphatic rings. The van der Waals surface area contributed by atoms with Gasteiger partial charge in [-0.15, -0.1) is 0 Å². The Hall–Kier alpha value is -0.0400. The molecule has 15 heavy (non-hydrogen) atoms. The van der Waals surface area contributed by atoms with E-state index in [1.807, 2.05) is 0 Å². The normalized spacial score (nSPS) is 18.0. The largest absolute Gasteiger partial charge is 0.381 e. The molecule has 90 valence electrons. The van der Waals surface area contributed by atoms with Gasteiger partial charge in [0.2, 0.25) is 0 Å². The highest BCUT2D eigenvalue weighted by molar-refractivity contribution is 4.72. The summed E-state index contributed by atoms with van der Waals surface area (Å²) in [5.41, 5.74) is 0. The van der Waals surface area contributed by atoms with Gasteiger partial charge < -0.3 is 4.74 Å². The first-order valence-corrected chi connectivity index (χ1v) is 6.90. The van der Waals surface area contributed by atoms with E-state index in [4.69, 9.17) is 4.74 Å². The average molecular weight is 212 g/mol. The summed E-state index contributed by atoms with van der Waals surface area (Å²) in [5, 5.41) is 0. The molecule has 0 bridgehead atoms. The van der Waals surface area contributed by atoms with Gasteiger partial charge in [0.1, 0.15) is 0 Å². The molecule has 0 radical (unpaired) electrons. The number of hydrogen-bond acceptors (Lipinski definition) is 1. The molecule has 1 aliphatic carbocycles. The number of unbranched alkanes of at least 4 members (excludes halogenated alkanes) is 3. The van der Waals surface area contributed by atoms with Crippen LogP contribution in [0, 0.1) is 11.8 Å². The first kappa shape index (κ1) is 13.0. The minimum absolute atomic E-state index is 0.736. The Labute approximate surface area is 95.6 Å². The van der Waals surface area contributed by atoms with Crippen LogP contribution in [0.15, 0.2) is 0 Å². The van der Waals surface area contributed by atoms with E-state index in [-0.39, 0.29) is 0 Å². The molecular weight excluding hydrogens is 184 g/mol. The molecule has 0 aromatic heterocycles. The molecular formula is C14H28O. The molecule has 0 saturated heterocycles. The predicted octanol–water partition coefficient (Wildman–Crippen LogP) is 4.41. The van der Waals surface area contributed by atoms with Crippen LogP contribution in [0.3, 0.4) is 0 Å². The van der Waals surface area contributed by atoms with E-state index in [9.17, 15) is 0 Å². The van der Waals surface area contributed by atoms with E-state index < -0.39 is 0 Å². The van der Waals surface area contributed by atoms with Gasteiger partial charge in [-0.1, -0.05) is 58.8 Å². The quantitative estimate of drug-likeness (QED) is 0.487. The van der Waals surface area contributed by atoms with E-state index in [0.29, 0.717) is 0 Å². The second-order valence-electron chi connectivity index (χ2n) is 5.23. The van der Waals surface area contributed by atoms with Crippen LogP contribution in [0.25, 0.3) is 0 Å². The first-order chi connectivity index (χ1) is 7.33. The fourth-order valence-electron chi connectivity index (χ4n) is 1.80. The molecule has 0 aliphatic heterocycles. The fourth-order valence-corrected chi connectivity index (χ4v) is 1.80. The summed E-state index contributed by atoms with van der Waals surface area (Å²) < 4.78 is 5.63. The van der Waals surface area contributed by atoms with E-state index in [1.54, 1.807) is 0 Å². The van der Waals surface area contributed by atoms with Crippen LogP contribution < -0.4 is 0 Å². The maximum atomic E-state index is 5.63. The lowest BCUT2D eigenvalue weighted by Gasteiger charge is -2.08. The van der Waals surface area contributed by atoms with Crippen molar-refractivity contribution in [1.82, 2.24) is 0 Å². The summed E-state index contributed by atoms with van der Waals surface area (Å²) in [4.78, 5) is 0. The topological polar surface area (TPSA) is 9.23 Å². The Morgan fingerprint density at radius 2 is 1.87 bits per heavy atom. The molecule has 0 heterocycles. The van der Waals surface area contributed by atoms with Gasteiger partial charge >= 0.3 is 0 Å². The highest BCUT2D eigenvalue weighted by atomic mass is 16.5. The Morgan fingerprint density at radius 1 is 1.13 bits per heavy atom. The van der Waals surface area contributed by atoms with Crippen LogP contribution >= 0.6 is 0 Å². The summed E-state index contributed by atoms with van der Waals surface area (Å²) in [6, 6.07) is 0. The van der Waals surface area contributed by atoms with Gasteiger partial charge in [0.05, 0.1) is 0 Å². The van der Waals surface area contributed by atoms with E-state index in [1.165, 1.54) is 51.4 Å². The van der Waals surface area contributed by atoms with Gasteiger partial charge in [-0.25, -0.2) is 0 Å². The molecule has 1 atom stereocenters. The highest BCUT2D eigenvalue weighted by Gasteiger charge is 2.19. The Bertz CT molecular complexity index is 140. The van der Waals surface area contributed by atoms with Crippen LogP contribution in [0.1, 0.15) is 65.2 Å². The molecule has 1 fully saturated rings. The van der Waals surface area contributed by atoms with Crippen LogP contribution in [-0.4, -0.2) is 13.2 Å². The molecule has 0 spiro atoms. The highest BCUT2D eigenvalue weighted by Crippen LogP contribution is 2.34. The zero-order valence-corrected chi connectivity index (χ0v) is 10.6. The maximum absolute atomic E-state index is 5.63. The van der Waals surface area contributed by atoms with Crippen molar-refractivity contribution in [3.05, 3.63) is 0 Å². The van der Waals surface area contributed by atoms with Crippen molar-refractivity contribution in [2.45, 2.75) is 65.2 Å². The second-order valence-corrected chi connectivity index (χ2v) is 5.23. The summed E-state index contributed by atoms with van der Waals surface area (Å²) in [6.45, 7) is 6.42. The zero-order valence-electron chi connectivity index (χ0n) is 10.6. The molecule has 0 amide bonds. The van der Waals surface area contributed by atoms with Gasteiger partial charge in [0, 0.05) is 13.2 Å². The lowest BCUT2D eigenvalue weighted by molar-refractivity contribution is 0.100. The Morgan fingerprint density at radius 3 is 2.53 bits per heavy atom. The molecule has 1 heteroatoms.